The second-order valence-electron chi connectivity index (χ2n) is 6.04. The Kier molecular flexibility index (Phi) is 5.08. The van der Waals surface area contributed by atoms with Crippen LogP contribution in [0.5, 0.6) is 0 Å². The molecule has 0 aliphatic heterocycles. The van der Waals surface area contributed by atoms with E-state index in [4.69, 9.17) is 4.74 Å². The van der Waals surface area contributed by atoms with Gasteiger partial charge < -0.3 is 10.1 Å². The fourth-order valence-electron chi connectivity index (χ4n) is 1.74. The normalized spacial score (nSPS) is 17.1. The Labute approximate surface area is 113 Å². The molecule has 0 radical (unpaired) electrons. The molecule has 1 rings (SSSR count). The first-order chi connectivity index (χ1) is 8.26. The zero-order valence-electron chi connectivity index (χ0n) is 11.7. The van der Waals surface area contributed by atoms with Crippen molar-refractivity contribution in [3.63, 3.8) is 0 Å². The lowest BCUT2D eigenvalue weighted by molar-refractivity contribution is -0.141. The molecule has 1 saturated carbocycles. The SMILES string of the molecule is COC(=O)CC1(CSCC(=O)NC(C)(C)C)CC1. The van der Waals surface area contributed by atoms with Crippen molar-refractivity contribution in [2.24, 2.45) is 5.41 Å². The molecule has 0 atom stereocenters. The first kappa shape index (κ1) is 15.3. The number of rotatable bonds is 6. The highest BCUT2D eigenvalue weighted by molar-refractivity contribution is 7.99. The van der Waals surface area contributed by atoms with Gasteiger partial charge in [0.25, 0.3) is 0 Å². The van der Waals surface area contributed by atoms with Gasteiger partial charge in [0.1, 0.15) is 0 Å². The van der Waals surface area contributed by atoms with Gasteiger partial charge in [-0.2, -0.15) is 11.8 Å². The summed E-state index contributed by atoms with van der Waals surface area (Å²) in [5.74, 6) is 1.23. The Bertz CT molecular complexity index is 319. The van der Waals surface area contributed by atoms with Crippen molar-refractivity contribution < 1.29 is 14.3 Å². The van der Waals surface area contributed by atoms with Crippen molar-refractivity contribution in [3.05, 3.63) is 0 Å². The van der Waals surface area contributed by atoms with Gasteiger partial charge in [0, 0.05) is 5.54 Å². The van der Waals surface area contributed by atoms with Crippen LogP contribution in [0.15, 0.2) is 0 Å². The molecule has 4 nitrogen and oxygen atoms in total. The summed E-state index contributed by atoms with van der Waals surface area (Å²) in [7, 11) is 1.42. The lowest BCUT2D eigenvalue weighted by Gasteiger charge is -2.20. The summed E-state index contributed by atoms with van der Waals surface area (Å²) >= 11 is 1.60. The van der Waals surface area contributed by atoms with Crippen LogP contribution >= 0.6 is 11.8 Å². The predicted octanol–water partition coefficient (Wildman–Crippen LogP) is 1.98. The van der Waals surface area contributed by atoms with Gasteiger partial charge in [-0.15, -0.1) is 0 Å². The van der Waals surface area contributed by atoms with Crippen LogP contribution in [0, 0.1) is 5.41 Å². The molecular formula is C13H23NO3S. The molecule has 0 unspecified atom stereocenters. The van der Waals surface area contributed by atoms with Crippen molar-refractivity contribution in [1.29, 1.82) is 0 Å². The third kappa shape index (κ3) is 5.76. The lowest BCUT2D eigenvalue weighted by atomic mass is 10.1. The van der Waals surface area contributed by atoms with E-state index in [0.29, 0.717) is 12.2 Å². The first-order valence-corrected chi connectivity index (χ1v) is 7.37. The largest absolute Gasteiger partial charge is 0.469 e. The highest BCUT2D eigenvalue weighted by atomic mass is 32.2. The number of carbonyl (C=O) groups excluding carboxylic acids is 2. The fourth-order valence-corrected chi connectivity index (χ4v) is 2.93. The number of hydrogen-bond acceptors (Lipinski definition) is 4. The van der Waals surface area contributed by atoms with Crippen LogP contribution in [-0.4, -0.2) is 36.0 Å². The molecule has 0 aromatic rings. The maximum Gasteiger partial charge on any atom is 0.306 e. The molecule has 0 saturated heterocycles. The van der Waals surface area contributed by atoms with E-state index >= 15 is 0 Å². The Morgan fingerprint density at radius 1 is 1.33 bits per heavy atom. The van der Waals surface area contributed by atoms with Crippen LogP contribution < -0.4 is 5.32 Å². The van der Waals surface area contributed by atoms with E-state index in [1.807, 2.05) is 20.8 Å². The Balaban J connectivity index is 2.22. The van der Waals surface area contributed by atoms with E-state index in [2.05, 4.69) is 5.32 Å². The molecule has 0 aromatic heterocycles. The predicted molar refractivity (Wildman–Crippen MR) is 73.5 cm³/mol. The number of hydrogen-bond donors (Lipinski definition) is 1. The molecule has 0 bridgehead atoms. The molecule has 0 aromatic carbocycles. The second-order valence-corrected chi connectivity index (χ2v) is 7.03. The Morgan fingerprint density at radius 3 is 2.39 bits per heavy atom. The standard InChI is InChI=1S/C13H23NO3S/c1-12(2,3)14-10(15)8-18-9-13(5-6-13)7-11(16)17-4/h5-9H2,1-4H3,(H,14,15). The van der Waals surface area contributed by atoms with Gasteiger partial charge in [-0.25, -0.2) is 0 Å². The highest BCUT2D eigenvalue weighted by Gasteiger charge is 2.44. The molecule has 18 heavy (non-hydrogen) atoms. The van der Waals surface area contributed by atoms with Crippen molar-refractivity contribution >= 4 is 23.6 Å². The summed E-state index contributed by atoms with van der Waals surface area (Å²) in [6.45, 7) is 5.90. The summed E-state index contributed by atoms with van der Waals surface area (Å²) in [6, 6.07) is 0. The van der Waals surface area contributed by atoms with Crippen molar-refractivity contribution in [1.82, 2.24) is 5.32 Å². The summed E-state index contributed by atoms with van der Waals surface area (Å²) in [6.07, 6.45) is 2.61. The van der Waals surface area contributed by atoms with Gasteiger partial charge in [-0.1, -0.05) is 0 Å². The molecular weight excluding hydrogens is 250 g/mol. The van der Waals surface area contributed by atoms with Crippen LogP contribution in [0.2, 0.25) is 0 Å². The maximum absolute atomic E-state index is 11.6. The molecule has 0 heterocycles. The number of esters is 1. The number of carbonyl (C=O) groups is 2. The topological polar surface area (TPSA) is 55.4 Å². The van der Waals surface area contributed by atoms with E-state index in [-0.39, 0.29) is 22.8 Å². The number of amides is 1. The van der Waals surface area contributed by atoms with Gasteiger partial charge >= 0.3 is 5.97 Å². The minimum absolute atomic E-state index is 0.0568. The van der Waals surface area contributed by atoms with Gasteiger partial charge in [-0.3, -0.25) is 9.59 Å². The molecule has 1 amide bonds. The number of ether oxygens (including phenoxy) is 1. The van der Waals surface area contributed by atoms with Crippen LogP contribution in [0.3, 0.4) is 0 Å². The van der Waals surface area contributed by atoms with E-state index < -0.39 is 0 Å². The zero-order chi connectivity index (χ0) is 13.8. The van der Waals surface area contributed by atoms with Gasteiger partial charge in [-0.05, 0) is 44.8 Å². The summed E-state index contributed by atoms with van der Waals surface area (Å²) in [5, 5.41) is 2.93. The van der Waals surface area contributed by atoms with E-state index in [9.17, 15) is 9.59 Å². The summed E-state index contributed by atoms with van der Waals surface area (Å²) in [4.78, 5) is 22.9. The molecule has 1 N–H and O–H groups in total. The van der Waals surface area contributed by atoms with Gasteiger partial charge in [0.15, 0.2) is 0 Å². The third-order valence-corrected chi connectivity index (χ3v) is 4.14. The van der Waals surface area contributed by atoms with Crippen molar-refractivity contribution in [2.75, 3.05) is 18.6 Å². The van der Waals surface area contributed by atoms with E-state index in [0.717, 1.165) is 18.6 Å². The summed E-state index contributed by atoms with van der Waals surface area (Å²) in [5.41, 5.74) is -0.0826. The van der Waals surface area contributed by atoms with Crippen molar-refractivity contribution in [3.8, 4) is 0 Å². The number of nitrogens with one attached hydrogen (secondary N) is 1. The van der Waals surface area contributed by atoms with E-state index in [1.165, 1.54) is 7.11 Å². The fraction of sp³-hybridized carbons (Fsp3) is 0.846. The smallest absolute Gasteiger partial charge is 0.306 e. The lowest BCUT2D eigenvalue weighted by Crippen LogP contribution is -2.41. The minimum Gasteiger partial charge on any atom is -0.469 e. The molecule has 0 spiro atoms. The molecule has 1 aliphatic carbocycles. The van der Waals surface area contributed by atoms with Crippen LogP contribution in [0.25, 0.3) is 0 Å². The Hall–Kier alpha value is -0.710. The van der Waals surface area contributed by atoms with Gasteiger partial charge in [0.2, 0.25) is 5.91 Å². The van der Waals surface area contributed by atoms with Crippen LogP contribution in [0.4, 0.5) is 0 Å². The molecule has 1 aliphatic rings. The first-order valence-electron chi connectivity index (χ1n) is 6.22. The Morgan fingerprint density at radius 2 is 1.94 bits per heavy atom. The minimum atomic E-state index is -0.180. The third-order valence-electron chi connectivity index (χ3n) is 2.86. The summed E-state index contributed by atoms with van der Waals surface area (Å²) < 4.78 is 4.69. The second kappa shape index (κ2) is 5.95. The molecule has 5 heteroatoms. The number of thioether (sulfide) groups is 1. The van der Waals surface area contributed by atoms with Crippen LogP contribution in [-0.2, 0) is 14.3 Å². The monoisotopic (exact) mass is 273 g/mol. The quantitative estimate of drug-likeness (QED) is 0.752. The van der Waals surface area contributed by atoms with E-state index in [1.54, 1.807) is 11.8 Å². The molecule has 1 fully saturated rings. The van der Waals surface area contributed by atoms with Crippen molar-refractivity contribution in [2.45, 2.75) is 45.6 Å². The number of methoxy groups -OCH3 is 1. The average molecular weight is 273 g/mol. The maximum atomic E-state index is 11.6. The average Bonchev–Trinajstić information content (AvgIpc) is 2.95. The highest BCUT2D eigenvalue weighted by Crippen LogP contribution is 2.51. The molecule has 104 valence electrons. The van der Waals surface area contributed by atoms with Crippen LogP contribution in [0.1, 0.15) is 40.0 Å². The van der Waals surface area contributed by atoms with Gasteiger partial charge in [0.05, 0.1) is 19.3 Å². The zero-order valence-corrected chi connectivity index (χ0v) is 12.5.